The van der Waals surface area contributed by atoms with Crippen molar-refractivity contribution in [3.63, 3.8) is 0 Å². The molecule has 0 fully saturated rings. The lowest BCUT2D eigenvalue weighted by atomic mass is 10.1. The highest BCUT2D eigenvalue weighted by molar-refractivity contribution is 6.21. The van der Waals surface area contributed by atoms with Gasteiger partial charge in [-0.25, -0.2) is 9.69 Å². The molecule has 1 N–H and O–H groups in total. The summed E-state index contributed by atoms with van der Waals surface area (Å²) in [6, 6.07) is 5.20. The summed E-state index contributed by atoms with van der Waals surface area (Å²) in [7, 11) is 1.26. The average molecular weight is 364 g/mol. The molecule has 1 aromatic rings. The van der Waals surface area contributed by atoms with Crippen LogP contribution in [0.1, 0.15) is 41.5 Å². The molecule has 0 saturated carbocycles. The van der Waals surface area contributed by atoms with Gasteiger partial charge >= 0.3 is 5.97 Å². The second-order valence-corrected chi connectivity index (χ2v) is 6.17. The number of fused-ring (bicyclic) bond motifs is 1. The first kappa shape index (κ1) is 19.2. The summed E-state index contributed by atoms with van der Waals surface area (Å²) in [4.78, 5) is 41.7. The highest BCUT2D eigenvalue weighted by Crippen LogP contribution is 2.24. The van der Waals surface area contributed by atoms with E-state index < -0.39 is 30.1 Å². The summed E-state index contributed by atoms with van der Waals surface area (Å²) >= 11 is 0. The number of imide groups is 1. The topological polar surface area (TPSA) is 126 Å². The molecule has 10 nitrogen and oxygen atoms in total. The summed E-state index contributed by atoms with van der Waals surface area (Å²) in [6.07, 6.45) is -1.14. The average Bonchev–Trinajstić information content (AvgIpc) is 2.83. The third-order valence-electron chi connectivity index (χ3n) is 4.02. The number of carboxylic acids is 1. The number of nitrogens with zero attached hydrogens (tertiary/aromatic N) is 4. The van der Waals surface area contributed by atoms with Gasteiger partial charge in [-0.1, -0.05) is 26.0 Å². The maximum absolute atomic E-state index is 12.3. The van der Waals surface area contributed by atoms with Gasteiger partial charge < -0.3 is 15.2 Å². The van der Waals surface area contributed by atoms with E-state index in [0.717, 1.165) is 9.91 Å². The van der Waals surface area contributed by atoms with Crippen molar-refractivity contribution in [2.45, 2.75) is 33.0 Å². The molecule has 2 amide bonds. The molecule has 10 heteroatoms. The monoisotopic (exact) mass is 364 g/mol. The summed E-state index contributed by atoms with van der Waals surface area (Å²) in [5, 5.41) is 25.3. The SMILES string of the molecule is CC(C)[C@@H](C(=O)O)N(C)/[N+]([O-])=N\OC(C)N1C(=O)c2ccccc2C1=O. The number of amides is 2. The number of carbonyl (C=O) groups is 3. The van der Waals surface area contributed by atoms with Crippen molar-refractivity contribution in [2.75, 3.05) is 7.05 Å². The molecule has 26 heavy (non-hydrogen) atoms. The number of hydrogen-bond donors (Lipinski definition) is 1. The minimum atomic E-state index is -1.19. The van der Waals surface area contributed by atoms with Crippen LogP contribution in [0.15, 0.2) is 29.5 Å². The highest BCUT2D eigenvalue weighted by atomic mass is 16.7. The zero-order valence-electron chi connectivity index (χ0n) is 14.8. The number of likely N-dealkylation sites (N-methyl/N-ethyl adjacent to an activating group) is 1. The van der Waals surface area contributed by atoms with Crippen molar-refractivity contribution in [1.82, 2.24) is 9.91 Å². The summed E-state index contributed by atoms with van der Waals surface area (Å²) < 4.78 is 0. The van der Waals surface area contributed by atoms with Crippen LogP contribution in [0.5, 0.6) is 0 Å². The molecule has 1 aliphatic rings. The second-order valence-electron chi connectivity index (χ2n) is 6.17. The predicted molar refractivity (Wildman–Crippen MR) is 87.6 cm³/mol. The minimum absolute atomic E-state index is 0.0204. The molecule has 0 aliphatic carbocycles. The zero-order chi connectivity index (χ0) is 19.6. The molecule has 1 heterocycles. The normalized spacial score (nSPS) is 16.5. The van der Waals surface area contributed by atoms with Crippen molar-refractivity contribution in [1.29, 1.82) is 0 Å². The van der Waals surface area contributed by atoms with Crippen LogP contribution in [0.4, 0.5) is 0 Å². The van der Waals surface area contributed by atoms with E-state index in [9.17, 15) is 24.7 Å². The van der Waals surface area contributed by atoms with Gasteiger partial charge in [0, 0.05) is 0 Å². The third kappa shape index (κ3) is 3.44. The molecule has 0 aromatic heterocycles. The summed E-state index contributed by atoms with van der Waals surface area (Å²) in [5.41, 5.74) is 0.490. The molecule has 1 unspecified atom stereocenters. The van der Waals surface area contributed by atoms with Gasteiger partial charge in [-0.05, 0) is 25.0 Å². The number of benzene rings is 1. The Kier molecular flexibility index (Phi) is 5.44. The maximum atomic E-state index is 12.3. The quantitative estimate of drug-likeness (QED) is 0.336. The summed E-state index contributed by atoms with van der Waals surface area (Å²) in [6.45, 7) is 4.67. The van der Waals surface area contributed by atoms with Crippen LogP contribution in [-0.2, 0) is 9.63 Å². The van der Waals surface area contributed by atoms with Crippen LogP contribution in [0.25, 0.3) is 0 Å². The number of aliphatic carboxylic acids is 1. The van der Waals surface area contributed by atoms with Gasteiger partial charge in [0.05, 0.1) is 23.1 Å². The first-order valence-corrected chi connectivity index (χ1v) is 7.93. The number of rotatable bonds is 7. The van der Waals surface area contributed by atoms with E-state index in [-0.39, 0.29) is 22.0 Å². The van der Waals surface area contributed by atoms with Crippen molar-refractivity contribution < 1.29 is 29.3 Å². The molecule has 140 valence electrons. The third-order valence-corrected chi connectivity index (χ3v) is 4.02. The predicted octanol–water partition coefficient (Wildman–Crippen LogP) is 1.48. The highest BCUT2D eigenvalue weighted by Gasteiger charge is 2.40. The van der Waals surface area contributed by atoms with Crippen LogP contribution in [0.2, 0.25) is 0 Å². The number of carbonyl (C=O) groups excluding carboxylic acids is 2. The van der Waals surface area contributed by atoms with E-state index >= 15 is 0 Å². The number of hydrogen-bond acceptors (Lipinski definition) is 6. The maximum Gasteiger partial charge on any atom is 0.332 e. The Hall–Kier alpha value is -3.17. The fraction of sp³-hybridized carbons (Fsp3) is 0.438. The first-order valence-electron chi connectivity index (χ1n) is 7.93. The molecular weight excluding hydrogens is 344 g/mol. The fourth-order valence-electron chi connectivity index (χ4n) is 2.73. The Morgan fingerprint density at radius 2 is 1.73 bits per heavy atom. The Morgan fingerprint density at radius 3 is 2.15 bits per heavy atom. The lowest BCUT2D eigenvalue weighted by molar-refractivity contribution is -0.713. The standard InChI is InChI=1S/C16H20N4O6/c1-9(2)13(16(23)24)18(4)20(25)17-26-10(3)19-14(21)11-7-5-6-8-12(11)15(19)22/h5-10,13H,1-4H3,(H,23,24)/b20-17+/t10?,13-/m0/s1. The van der Waals surface area contributed by atoms with E-state index in [1.54, 1.807) is 26.0 Å². The Bertz CT molecular complexity index is 728. The minimum Gasteiger partial charge on any atom is -0.569 e. The van der Waals surface area contributed by atoms with Crippen molar-refractivity contribution in [3.05, 3.63) is 40.6 Å². The van der Waals surface area contributed by atoms with Crippen molar-refractivity contribution in [2.24, 2.45) is 11.2 Å². The lowest BCUT2D eigenvalue weighted by Crippen LogP contribution is -2.46. The molecule has 2 rings (SSSR count). The Labute approximate surface area is 149 Å². The largest absolute Gasteiger partial charge is 0.569 e. The van der Waals surface area contributed by atoms with Gasteiger partial charge in [-0.3, -0.25) is 9.59 Å². The van der Waals surface area contributed by atoms with Crippen LogP contribution >= 0.6 is 0 Å². The Balaban J connectivity index is 2.12. The van der Waals surface area contributed by atoms with Crippen molar-refractivity contribution in [3.8, 4) is 0 Å². The number of hydrazine groups is 1. The molecule has 2 atom stereocenters. The molecular formula is C16H20N4O6. The lowest BCUT2D eigenvalue weighted by Gasteiger charge is -2.24. The van der Waals surface area contributed by atoms with Gasteiger partial charge in [0.15, 0.2) is 6.04 Å². The molecule has 0 radical (unpaired) electrons. The van der Waals surface area contributed by atoms with E-state index in [0.29, 0.717) is 0 Å². The molecule has 0 saturated heterocycles. The molecule has 1 aromatic carbocycles. The van der Waals surface area contributed by atoms with Gasteiger partial charge in [0.25, 0.3) is 11.8 Å². The van der Waals surface area contributed by atoms with E-state index in [1.807, 2.05) is 0 Å². The van der Waals surface area contributed by atoms with Crippen LogP contribution in [0, 0.1) is 11.1 Å². The van der Waals surface area contributed by atoms with Gasteiger partial charge in [-0.2, -0.15) is 0 Å². The Morgan fingerprint density at radius 1 is 1.23 bits per heavy atom. The van der Waals surface area contributed by atoms with Crippen LogP contribution in [-0.4, -0.2) is 57.1 Å². The molecule has 0 bridgehead atoms. The van der Waals surface area contributed by atoms with Gasteiger partial charge in [0.1, 0.15) is 0 Å². The first-order chi connectivity index (χ1) is 12.2. The van der Waals surface area contributed by atoms with E-state index in [1.165, 1.54) is 26.1 Å². The smallest absolute Gasteiger partial charge is 0.332 e. The van der Waals surface area contributed by atoms with Gasteiger partial charge in [-0.15, -0.1) is 5.01 Å². The fourth-order valence-corrected chi connectivity index (χ4v) is 2.73. The second kappa shape index (κ2) is 7.38. The molecule has 1 aliphatic heterocycles. The van der Waals surface area contributed by atoms with E-state index in [2.05, 4.69) is 5.28 Å². The number of carboxylic acid groups (broad SMARTS) is 1. The summed E-state index contributed by atoms with van der Waals surface area (Å²) in [5.74, 6) is -2.65. The van der Waals surface area contributed by atoms with Crippen LogP contribution < -0.4 is 0 Å². The van der Waals surface area contributed by atoms with Crippen LogP contribution in [0.3, 0.4) is 0 Å². The zero-order valence-corrected chi connectivity index (χ0v) is 14.8. The van der Waals surface area contributed by atoms with Gasteiger partial charge in [0.2, 0.25) is 11.5 Å². The van der Waals surface area contributed by atoms with E-state index in [4.69, 9.17) is 4.84 Å². The van der Waals surface area contributed by atoms with Crippen molar-refractivity contribution >= 4 is 17.8 Å². The molecule has 0 spiro atoms.